The van der Waals surface area contributed by atoms with E-state index in [1.165, 1.54) is 6.07 Å². The molecule has 1 saturated heterocycles. The molecule has 0 aliphatic carbocycles. The third kappa shape index (κ3) is 3.79. The van der Waals surface area contributed by atoms with Crippen molar-refractivity contribution in [3.63, 3.8) is 0 Å². The summed E-state index contributed by atoms with van der Waals surface area (Å²) in [6.45, 7) is 3.29. The molecule has 9 heteroatoms. The van der Waals surface area contributed by atoms with Gasteiger partial charge in [0.15, 0.2) is 0 Å². The van der Waals surface area contributed by atoms with Gasteiger partial charge in [-0.15, -0.1) is 0 Å². The Morgan fingerprint density at radius 1 is 1.38 bits per heavy atom. The number of piperazine rings is 1. The van der Waals surface area contributed by atoms with Gasteiger partial charge in [-0.1, -0.05) is 6.92 Å². The molecule has 1 aliphatic heterocycles. The van der Waals surface area contributed by atoms with E-state index < -0.39 is 10.7 Å². The van der Waals surface area contributed by atoms with Gasteiger partial charge in [0.2, 0.25) is 12.3 Å². The van der Waals surface area contributed by atoms with Crippen molar-refractivity contribution in [3.8, 4) is 0 Å². The van der Waals surface area contributed by atoms with Crippen molar-refractivity contribution in [2.24, 2.45) is 0 Å². The van der Waals surface area contributed by atoms with Crippen molar-refractivity contribution in [1.29, 1.82) is 0 Å². The molecule has 1 N–H and O–H groups in total. The van der Waals surface area contributed by atoms with Crippen molar-refractivity contribution < 1.29 is 18.9 Å². The molecule has 0 atom stereocenters. The molecule has 0 aromatic heterocycles. The Morgan fingerprint density at radius 3 is 2.58 bits per heavy atom. The van der Waals surface area contributed by atoms with Crippen LogP contribution in [0.15, 0.2) is 12.1 Å². The van der Waals surface area contributed by atoms with Gasteiger partial charge in [-0.05, 0) is 18.1 Å². The Kier molecular flexibility index (Phi) is 5.67. The first-order valence-electron chi connectivity index (χ1n) is 7.64. The first-order chi connectivity index (χ1) is 11.5. The zero-order valence-electron chi connectivity index (χ0n) is 13.3. The number of carbonyl (C=O) groups is 2. The quantitative estimate of drug-likeness (QED) is 0.468. The number of anilines is 1. The van der Waals surface area contributed by atoms with Crippen LogP contribution in [0.4, 0.5) is 15.8 Å². The summed E-state index contributed by atoms with van der Waals surface area (Å²) in [5.41, 5.74) is 0.521. The molecule has 1 heterocycles. The molecule has 0 saturated carbocycles. The number of nitro groups is 1. The van der Waals surface area contributed by atoms with Gasteiger partial charge in [-0.25, -0.2) is 4.39 Å². The highest BCUT2D eigenvalue weighted by molar-refractivity contribution is 5.80. The molecule has 0 unspecified atom stereocenters. The highest BCUT2D eigenvalue weighted by atomic mass is 19.1. The molecule has 130 valence electrons. The van der Waals surface area contributed by atoms with Crippen molar-refractivity contribution in [1.82, 2.24) is 10.2 Å². The van der Waals surface area contributed by atoms with E-state index in [0.29, 0.717) is 50.3 Å². The topological polar surface area (TPSA) is 95.8 Å². The highest BCUT2D eigenvalue weighted by Crippen LogP contribution is 2.32. The van der Waals surface area contributed by atoms with Crippen LogP contribution >= 0.6 is 0 Å². The highest BCUT2D eigenvalue weighted by Gasteiger charge is 2.27. The van der Waals surface area contributed by atoms with Crippen LogP contribution in [0.1, 0.15) is 12.5 Å². The molecular weight excluding hydrogens is 319 g/mol. The lowest BCUT2D eigenvalue weighted by Gasteiger charge is -2.36. The van der Waals surface area contributed by atoms with Crippen molar-refractivity contribution in [3.05, 3.63) is 33.6 Å². The molecule has 1 aliphatic rings. The van der Waals surface area contributed by atoms with Gasteiger partial charge in [0.05, 0.1) is 17.5 Å². The molecule has 2 amide bonds. The second-order valence-electron chi connectivity index (χ2n) is 5.41. The smallest absolute Gasteiger partial charge is 0.295 e. The molecule has 24 heavy (non-hydrogen) atoms. The summed E-state index contributed by atoms with van der Waals surface area (Å²) < 4.78 is 13.8. The van der Waals surface area contributed by atoms with Crippen LogP contribution in [0.2, 0.25) is 0 Å². The fraction of sp³-hybridized carbons (Fsp3) is 0.467. The molecule has 1 fully saturated rings. The first-order valence-corrected chi connectivity index (χ1v) is 7.64. The number of hydrogen-bond acceptors (Lipinski definition) is 5. The summed E-state index contributed by atoms with van der Waals surface area (Å²) >= 11 is 0. The standard InChI is InChI=1S/C15H19FN4O4/c1-2-11-7-13(14(20(23)24)8-12(11)16)18-3-5-19(6-4-18)15(22)9-17-10-21/h7-8,10H,2-6,9H2,1H3,(H,17,21). The second-order valence-corrected chi connectivity index (χ2v) is 5.41. The minimum absolute atomic E-state index is 0.0693. The maximum Gasteiger partial charge on any atom is 0.295 e. The molecule has 0 radical (unpaired) electrons. The van der Waals surface area contributed by atoms with Gasteiger partial charge in [-0.2, -0.15) is 0 Å². The maximum absolute atomic E-state index is 13.8. The summed E-state index contributed by atoms with van der Waals surface area (Å²) in [5, 5.41) is 13.5. The molecule has 1 aromatic carbocycles. The average Bonchev–Trinajstić information content (AvgIpc) is 2.59. The van der Waals surface area contributed by atoms with E-state index in [2.05, 4.69) is 5.32 Å². The Labute approximate surface area is 138 Å². The lowest BCUT2D eigenvalue weighted by atomic mass is 10.1. The van der Waals surface area contributed by atoms with Crippen LogP contribution < -0.4 is 10.2 Å². The van der Waals surface area contributed by atoms with Crippen molar-refractivity contribution in [2.75, 3.05) is 37.6 Å². The predicted octanol–water partition coefficient (Wildman–Crippen LogP) is 0.691. The third-order valence-electron chi connectivity index (χ3n) is 4.03. The van der Waals surface area contributed by atoms with E-state index in [0.717, 1.165) is 6.07 Å². The molecule has 0 spiro atoms. The zero-order chi connectivity index (χ0) is 17.7. The van der Waals surface area contributed by atoms with Gasteiger partial charge in [0.1, 0.15) is 11.5 Å². The molecule has 2 rings (SSSR count). The van der Waals surface area contributed by atoms with E-state index in [4.69, 9.17) is 0 Å². The van der Waals surface area contributed by atoms with Crippen LogP contribution in [0.5, 0.6) is 0 Å². The number of aryl methyl sites for hydroxylation is 1. The number of halogens is 1. The Hall–Kier alpha value is -2.71. The monoisotopic (exact) mass is 338 g/mol. The number of benzene rings is 1. The average molecular weight is 338 g/mol. The summed E-state index contributed by atoms with van der Waals surface area (Å²) in [6.07, 6.45) is 0.898. The SMILES string of the molecule is CCc1cc(N2CCN(C(=O)CNC=O)CC2)c([N+](=O)[O-])cc1F. The van der Waals surface area contributed by atoms with E-state index >= 15 is 0 Å². The van der Waals surface area contributed by atoms with Gasteiger partial charge in [0.25, 0.3) is 5.69 Å². The van der Waals surface area contributed by atoms with Crippen LogP contribution in [0.3, 0.4) is 0 Å². The number of amides is 2. The Bertz CT molecular complexity index is 645. The van der Waals surface area contributed by atoms with E-state index in [1.807, 2.05) is 0 Å². The number of nitrogens with one attached hydrogen (secondary N) is 1. The molecule has 0 bridgehead atoms. The number of carbonyl (C=O) groups excluding carboxylic acids is 2. The predicted molar refractivity (Wildman–Crippen MR) is 85.3 cm³/mol. The molecule has 8 nitrogen and oxygen atoms in total. The summed E-state index contributed by atoms with van der Waals surface area (Å²) in [5.74, 6) is -0.786. The largest absolute Gasteiger partial charge is 0.362 e. The van der Waals surface area contributed by atoms with Crippen molar-refractivity contribution in [2.45, 2.75) is 13.3 Å². The summed E-state index contributed by atoms with van der Waals surface area (Å²) in [7, 11) is 0. The van der Waals surface area contributed by atoms with Crippen LogP contribution in [-0.4, -0.2) is 54.9 Å². The number of rotatable bonds is 6. The van der Waals surface area contributed by atoms with E-state index in [1.54, 1.807) is 16.7 Å². The first kappa shape index (κ1) is 17.6. The Balaban J connectivity index is 2.15. The second kappa shape index (κ2) is 7.71. The van der Waals surface area contributed by atoms with E-state index in [9.17, 15) is 24.1 Å². The Morgan fingerprint density at radius 2 is 2.04 bits per heavy atom. The lowest BCUT2D eigenvalue weighted by Crippen LogP contribution is -2.51. The van der Waals surface area contributed by atoms with Crippen LogP contribution in [0, 0.1) is 15.9 Å². The number of hydrogen-bond donors (Lipinski definition) is 1. The molecule has 1 aromatic rings. The minimum atomic E-state index is -0.594. The van der Waals surface area contributed by atoms with E-state index in [-0.39, 0.29) is 18.1 Å². The van der Waals surface area contributed by atoms with Gasteiger partial charge in [-0.3, -0.25) is 19.7 Å². The number of nitro benzene ring substituents is 1. The van der Waals surface area contributed by atoms with Gasteiger partial charge in [0, 0.05) is 26.2 Å². The van der Waals surface area contributed by atoms with Gasteiger partial charge < -0.3 is 15.1 Å². The number of nitrogens with zero attached hydrogens (tertiary/aromatic N) is 3. The molecular formula is C15H19FN4O4. The minimum Gasteiger partial charge on any atom is -0.362 e. The normalized spacial score (nSPS) is 14.4. The van der Waals surface area contributed by atoms with Gasteiger partial charge >= 0.3 is 0 Å². The van der Waals surface area contributed by atoms with Crippen LogP contribution in [-0.2, 0) is 16.0 Å². The van der Waals surface area contributed by atoms with Crippen LogP contribution in [0.25, 0.3) is 0 Å². The summed E-state index contributed by atoms with van der Waals surface area (Å²) in [4.78, 5) is 36.1. The third-order valence-corrected chi connectivity index (χ3v) is 4.03. The fourth-order valence-corrected chi connectivity index (χ4v) is 2.70. The maximum atomic E-state index is 13.8. The summed E-state index contributed by atoms with van der Waals surface area (Å²) in [6, 6.07) is 2.47. The lowest BCUT2D eigenvalue weighted by molar-refractivity contribution is -0.384. The fourth-order valence-electron chi connectivity index (χ4n) is 2.70. The zero-order valence-corrected chi connectivity index (χ0v) is 13.3. The van der Waals surface area contributed by atoms with Crippen molar-refractivity contribution >= 4 is 23.7 Å².